The molecule has 0 atom stereocenters. The molecule has 0 radical (unpaired) electrons. The Morgan fingerprint density at radius 2 is 1.65 bits per heavy atom. The largest absolute Gasteiger partial charge is 0.207 e. The first kappa shape index (κ1) is 11.8. The van der Waals surface area contributed by atoms with Crippen LogP contribution < -0.4 is 0 Å². The summed E-state index contributed by atoms with van der Waals surface area (Å²) in [6.45, 7) is 6.15. The average molecular weight is 228 g/mol. The highest BCUT2D eigenvalue weighted by Gasteiger charge is 2.04. The lowest BCUT2D eigenvalue weighted by molar-refractivity contribution is 0.619. The molecule has 2 aromatic carbocycles. The normalized spacial score (nSPS) is 10.9. The average Bonchev–Trinajstić information content (AvgIpc) is 2.33. The minimum Gasteiger partial charge on any atom is -0.207 e. The van der Waals surface area contributed by atoms with Crippen LogP contribution in [0.4, 0.5) is 4.39 Å². The monoisotopic (exact) mass is 228 g/mol. The van der Waals surface area contributed by atoms with Gasteiger partial charge in [-0.1, -0.05) is 44.2 Å². The van der Waals surface area contributed by atoms with Crippen molar-refractivity contribution in [2.75, 3.05) is 0 Å². The van der Waals surface area contributed by atoms with Gasteiger partial charge in [0.2, 0.25) is 0 Å². The minimum absolute atomic E-state index is 0.145. The van der Waals surface area contributed by atoms with Crippen molar-refractivity contribution >= 4 is 0 Å². The first-order chi connectivity index (χ1) is 8.08. The third-order valence-electron chi connectivity index (χ3n) is 3.04. The van der Waals surface area contributed by atoms with Gasteiger partial charge in [0, 0.05) is 0 Å². The fourth-order valence-electron chi connectivity index (χ4n) is 1.90. The van der Waals surface area contributed by atoms with Crippen LogP contribution in [-0.4, -0.2) is 0 Å². The number of rotatable bonds is 2. The van der Waals surface area contributed by atoms with Gasteiger partial charge < -0.3 is 0 Å². The number of halogens is 1. The number of aryl methyl sites for hydroxylation is 1. The summed E-state index contributed by atoms with van der Waals surface area (Å²) in [5.74, 6) is 0.366. The second-order valence-electron chi connectivity index (χ2n) is 4.74. The molecule has 0 spiro atoms. The van der Waals surface area contributed by atoms with E-state index in [1.54, 1.807) is 6.92 Å². The molecule has 0 unspecified atom stereocenters. The fraction of sp³-hybridized carbons (Fsp3) is 0.250. The molecule has 0 saturated heterocycles. The maximum atomic E-state index is 13.2. The van der Waals surface area contributed by atoms with Crippen molar-refractivity contribution in [3.63, 3.8) is 0 Å². The molecule has 2 rings (SSSR count). The summed E-state index contributed by atoms with van der Waals surface area (Å²) in [7, 11) is 0. The van der Waals surface area contributed by atoms with Crippen molar-refractivity contribution in [1.29, 1.82) is 0 Å². The summed E-state index contributed by atoms with van der Waals surface area (Å²) in [5.41, 5.74) is 4.23. The predicted octanol–water partition coefficient (Wildman–Crippen LogP) is 4.92. The third kappa shape index (κ3) is 2.55. The van der Waals surface area contributed by atoms with Crippen molar-refractivity contribution in [1.82, 2.24) is 0 Å². The van der Waals surface area contributed by atoms with Gasteiger partial charge in [-0.2, -0.15) is 0 Å². The van der Waals surface area contributed by atoms with Gasteiger partial charge in [-0.3, -0.25) is 0 Å². The maximum absolute atomic E-state index is 13.2. The highest BCUT2D eigenvalue weighted by Crippen LogP contribution is 2.25. The molecule has 0 heterocycles. The molecule has 0 aliphatic carbocycles. The second kappa shape index (κ2) is 4.70. The molecule has 0 saturated carbocycles. The quantitative estimate of drug-likeness (QED) is 0.684. The zero-order valence-electron chi connectivity index (χ0n) is 10.5. The fourth-order valence-corrected chi connectivity index (χ4v) is 1.90. The molecule has 0 bridgehead atoms. The lowest BCUT2D eigenvalue weighted by Gasteiger charge is -2.09. The molecule has 0 aromatic heterocycles. The van der Waals surface area contributed by atoms with Crippen molar-refractivity contribution < 1.29 is 4.39 Å². The molecule has 0 fully saturated rings. The van der Waals surface area contributed by atoms with Gasteiger partial charge in [0.25, 0.3) is 0 Å². The Balaban J connectivity index is 2.45. The summed E-state index contributed by atoms with van der Waals surface area (Å²) >= 11 is 0. The topological polar surface area (TPSA) is 0 Å². The summed E-state index contributed by atoms with van der Waals surface area (Å²) in [5, 5.41) is 0. The summed E-state index contributed by atoms with van der Waals surface area (Å²) in [6.07, 6.45) is 0. The first-order valence-electron chi connectivity index (χ1n) is 5.94. The van der Waals surface area contributed by atoms with Gasteiger partial charge in [0.1, 0.15) is 5.82 Å². The van der Waals surface area contributed by atoms with Crippen LogP contribution in [0.15, 0.2) is 42.5 Å². The Labute approximate surface area is 102 Å². The van der Waals surface area contributed by atoms with Crippen molar-refractivity contribution in [2.45, 2.75) is 26.7 Å². The van der Waals surface area contributed by atoms with Crippen LogP contribution in [0.2, 0.25) is 0 Å². The van der Waals surface area contributed by atoms with E-state index in [-0.39, 0.29) is 5.82 Å². The van der Waals surface area contributed by atoms with Gasteiger partial charge in [-0.05, 0) is 47.2 Å². The van der Waals surface area contributed by atoms with Crippen LogP contribution in [0, 0.1) is 12.7 Å². The summed E-state index contributed by atoms with van der Waals surface area (Å²) in [6, 6.07) is 13.7. The van der Waals surface area contributed by atoms with Crippen LogP contribution >= 0.6 is 0 Å². The Kier molecular flexibility index (Phi) is 3.28. The number of hydrogen-bond donors (Lipinski definition) is 0. The maximum Gasteiger partial charge on any atom is 0.126 e. The Hall–Kier alpha value is -1.63. The van der Waals surface area contributed by atoms with Gasteiger partial charge in [-0.15, -0.1) is 0 Å². The lowest BCUT2D eigenvalue weighted by atomic mass is 9.97. The van der Waals surface area contributed by atoms with Crippen molar-refractivity contribution in [2.24, 2.45) is 0 Å². The molecule has 0 aliphatic heterocycles. The third-order valence-corrected chi connectivity index (χ3v) is 3.04. The van der Waals surface area contributed by atoms with Crippen LogP contribution in [-0.2, 0) is 0 Å². The molecular weight excluding hydrogens is 211 g/mol. The van der Waals surface area contributed by atoms with E-state index in [9.17, 15) is 4.39 Å². The van der Waals surface area contributed by atoms with E-state index in [1.165, 1.54) is 11.6 Å². The summed E-state index contributed by atoms with van der Waals surface area (Å²) in [4.78, 5) is 0. The molecule has 17 heavy (non-hydrogen) atoms. The Bertz CT molecular complexity index is 527. The molecule has 0 amide bonds. The van der Waals surface area contributed by atoms with E-state index in [0.717, 1.165) is 11.1 Å². The second-order valence-corrected chi connectivity index (χ2v) is 4.74. The first-order valence-corrected chi connectivity index (χ1v) is 5.94. The molecule has 0 aliphatic rings. The minimum atomic E-state index is -0.145. The molecular formula is C16H17F. The van der Waals surface area contributed by atoms with Crippen LogP contribution in [0.25, 0.3) is 11.1 Å². The van der Waals surface area contributed by atoms with Gasteiger partial charge >= 0.3 is 0 Å². The standard InChI is InChI=1S/C16H17F/c1-11(2)13-5-4-6-14(10-13)15-7-8-16(17)12(3)9-15/h4-11H,1-3H3. The molecule has 0 N–H and O–H groups in total. The van der Waals surface area contributed by atoms with Crippen molar-refractivity contribution in [3.05, 3.63) is 59.4 Å². The highest BCUT2D eigenvalue weighted by molar-refractivity contribution is 5.65. The zero-order chi connectivity index (χ0) is 12.4. The smallest absolute Gasteiger partial charge is 0.126 e. The van der Waals surface area contributed by atoms with E-state index >= 15 is 0 Å². The molecule has 88 valence electrons. The molecule has 1 heteroatoms. The van der Waals surface area contributed by atoms with Gasteiger partial charge in [0.05, 0.1) is 0 Å². The van der Waals surface area contributed by atoms with E-state index in [2.05, 4.69) is 38.1 Å². The zero-order valence-corrected chi connectivity index (χ0v) is 10.5. The SMILES string of the molecule is Cc1cc(-c2cccc(C(C)C)c2)ccc1F. The van der Waals surface area contributed by atoms with Gasteiger partial charge in [0.15, 0.2) is 0 Å². The molecule has 0 nitrogen and oxygen atoms in total. The van der Waals surface area contributed by atoms with Crippen LogP contribution in [0.1, 0.15) is 30.9 Å². The van der Waals surface area contributed by atoms with E-state index in [0.29, 0.717) is 11.5 Å². The van der Waals surface area contributed by atoms with Crippen molar-refractivity contribution in [3.8, 4) is 11.1 Å². The highest BCUT2D eigenvalue weighted by atomic mass is 19.1. The predicted molar refractivity (Wildman–Crippen MR) is 70.7 cm³/mol. The summed E-state index contributed by atoms with van der Waals surface area (Å²) < 4.78 is 13.2. The van der Waals surface area contributed by atoms with E-state index < -0.39 is 0 Å². The number of benzene rings is 2. The van der Waals surface area contributed by atoms with Crippen LogP contribution in [0.5, 0.6) is 0 Å². The Morgan fingerprint density at radius 1 is 0.941 bits per heavy atom. The lowest BCUT2D eigenvalue weighted by Crippen LogP contribution is -1.89. The van der Waals surface area contributed by atoms with E-state index in [1.807, 2.05) is 12.1 Å². The molecule has 2 aromatic rings. The van der Waals surface area contributed by atoms with E-state index in [4.69, 9.17) is 0 Å². The number of hydrogen-bond acceptors (Lipinski definition) is 0. The van der Waals surface area contributed by atoms with Gasteiger partial charge in [-0.25, -0.2) is 4.39 Å². The van der Waals surface area contributed by atoms with Crippen LogP contribution in [0.3, 0.4) is 0 Å². The Morgan fingerprint density at radius 3 is 2.29 bits per heavy atom.